The van der Waals surface area contributed by atoms with Gasteiger partial charge in [-0.2, -0.15) is 0 Å². The third-order valence-electron chi connectivity index (χ3n) is 3.48. The molecule has 0 unspecified atom stereocenters. The number of rotatable bonds is 6. The minimum atomic E-state index is -0.373. The fourth-order valence-electron chi connectivity index (χ4n) is 2.33. The Morgan fingerprint density at radius 2 is 1.88 bits per heavy atom. The first-order chi connectivity index (χ1) is 11.8. The molecule has 3 aromatic rings. The predicted molar refractivity (Wildman–Crippen MR) is 90.7 cm³/mol. The molecule has 0 aliphatic rings. The van der Waals surface area contributed by atoms with E-state index in [0.717, 1.165) is 12.1 Å². The lowest BCUT2D eigenvalue weighted by Crippen LogP contribution is -2.29. The quantitative estimate of drug-likeness (QED) is 0.729. The maximum absolute atomic E-state index is 12.5. The van der Waals surface area contributed by atoms with Gasteiger partial charge in [0.2, 0.25) is 5.95 Å². The molecule has 0 saturated heterocycles. The molecule has 0 spiro atoms. The van der Waals surface area contributed by atoms with Gasteiger partial charge in [0.05, 0.1) is 11.8 Å². The zero-order chi connectivity index (χ0) is 16.8. The highest BCUT2D eigenvalue weighted by Gasteiger charge is 2.20. The van der Waals surface area contributed by atoms with Crippen LogP contribution in [0.25, 0.3) is 0 Å². The Morgan fingerprint density at radius 3 is 2.50 bits per heavy atom. The fraction of sp³-hybridized carbons (Fsp3) is 0.167. The SMILES string of the molecule is CCNc1ncc(C(=O)N[C@H](c2ccccc2)c2ccco2)cn1. The van der Waals surface area contributed by atoms with Crippen LogP contribution in [-0.2, 0) is 0 Å². The first kappa shape index (κ1) is 15.7. The average Bonchev–Trinajstić information content (AvgIpc) is 3.15. The van der Waals surface area contributed by atoms with Crippen LogP contribution in [0.1, 0.15) is 34.6 Å². The van der Waals surface area contributed by atoms with Gasteiger partial charge in [-0.3, -0.25) is 4.79 Å². The van der Waals surface area contributed by atoms with Crippen molar-refractivity contribution in [2.24, 2.45) is 0 Å². The summed E-state index contributed by atoms with van der Waals surface area (Å²) in [6.45, 7) is 2.68. The van der Waals surface area contributed by atoms with E-state index in [2.05, 4.69) is 20.6 Å². The van der Waals surface area contributed by atoms with Crippen molar-refractivity contribution in [3.63, 3.8) is 0 Å². The molecular weight excluding hydrogens is 304 g/mol. The van der Waals surface area contributed by atoms with Crippen molar-refractivity contribution in [1.29, 1.82) is 0 Å². The smallest absolute Gasteiger partial charge is 0.255 e. The van der Waals surface area contributed by atoms with E-state index >= 15 is 0 Å². The highest BCUT2D eigenvalue weighted by atomic mass is 16.3. The number of benzene rings is 1. The Morgan fingerprint density at radius 1 is 1.12 bits per heavy atom. The summed E-state index contributed by atoms with van der Waals surface area (Å²) in [6, 6.07) is 12.9. The Kier molecular flexibility index (Phi) is 4.86. The van der Waals surface area contributed by atoms with Crippen LogP contribution in [0.15, 0.2) is 65.5 Å². The van der Waals surface area contributed by atoms with E-state index in [0.29, 0.717) is 17.3 Å². The molecule has 0 aliphatic carbocycles. The fourth-order valence-corrected chi connectivity index (χ4v) is 2.33. The predicted octanol–water partition coefficient (Wildman–Crippen LogP) is 3.02. The Bertz CT molecular complexity index is 771. The summed E-state index contributed by atoms with van der Waals surface area (Å²) in [5.41, 5.74) is 1.33. The molecule has 0 bridgehead atoms. The largest absolute Gasteiger partial charge is 0.467 e. The van der Waals surface area contributed by atoms with E-state index in [9.17, 15) is 4.79 Å². The van der Waals surface area contributed by atoms with Gasteiger partial charge in [-0.05, 0) is 24.6 Å². The summed E-state index contributed by atoms with van der Waals surface area (Å²) in [7, 11) is 0. The molecule has 2 N–H and O–H groups in total. The molecule has 122 valence electrons. The summed E-state index contributed by atoms with van der Waals surface area (Å²) in [5, 5.41) is 5.96. The highest BCUT2D eigenvalue weighted by Crippen LogP contribution is 2.22. The van der Waals surface area contributed by atoms with Gasteiger partial charge in [-0.25, -0.2) is 9.97 Å². The number of furan rings is 1. The molecular formula is C18H18N4O2. The zero-order valence-electron chi connectivity index (χ0n) is 13.3. The van der Waals surface area contributed by atoms with Gasteiger partial charge in [0, 0.05) is 18.9 Å². The molecule has 3 rings (SSSR count). The summed E-state index contributed by atoms with van der Waals surface area (Å²) < 4.78 is 5.48. The number of hydrogen-bond acceptors (Lipinski definition) is 5. The van der Waals surface area contributed by atoms with Gasteiger partial charge in [0.15, 0.2) is 0 Å². The van der Waals surface area contributed by atoms with E-state index in [1.807, 2.05) is 43.3 Å². The summed E-state index contributed by atoms with van der Waals surface area (Å²) in [4.78, 5) is 20.8. The number of amides is 1. The lowest BCUT2D eigenvalue weighted by Gasteiger charge is -2.17. The van der Waals surface area contributed by atoms with Crippen LogP contribution in [0.4, 0.5) is 5.95 Å². The van der Waals surface area contributed by atoms with E-state index < -0.39 is 0 Å². The van der Waals surface area contributed by atoms with Crippen molar-refractivity contribution in [2.45, 2.75) is 13.0 Å². The van der Waals surface area contributed by atoms with E-state index in [4.69, 9.17) is 4.42 Å². The van der Waals surface area contributed by atoms with Crippen LogP contribution in [0.5, 0.6) is 0 Å². The molecule has 0 fully saturated rings. The van der Waals surface area contributed by atoms with Gasteiger partial charge in [0.25, 0.3) is 5.91 Å². The number of carbonyl (C=O) groups is 1. The van der Waals surface area contributed by atoms with Crippen molar-refractivity contribution < 1.29 is 9.21 Å². The second-order valence-electron chi connectivity index (χ2n) is 5.16. The van der Waals surface area contributed by atoms with Crippen LogP contribution in [0.3, 0.4) is 0 Å². The lowest BCUT2D eigenvalue weighted by atomic mass is 10.0. The third-order valence-corrected chi connectivity index (χ3v) is 3.48. The Labute approximate surface area is 140 Å². The molecule has 0 radical (unpaired) electrons. The van der Waals surface area contributed by atoms with Crippen molar-refractivity contribution in [2.75, 3.05) is 11.9 Å². The lowest BCUT2D eigenvalue weighted by molar-refractivity contribution is 0.0938. The van der Waals surface area contributed by atoms with Gasteiger partial charge in [-0.15, -0.1) is 0 Å². The number of hydrogen-bond donors (Lipinski definition) is 2. The standard InChI is InChI=1S/C18H18N4O2/c1-2-19-18-20-11-14(12-21-18)17(23)22-16(15-9-6-10-24-15)13-7-4-3-5-8-13/h3-12,16H,2H2,1H3,(H,22,23)(H,19,20,21)/t16-/m1/s1. The van der Waals surface area contributed by atoms with Crippen LogP contribution in [-0.4, -0.2) is 22.4 Å². The van der Waals surface area contributed by atoms with Gasteiger partial charge in [-0.1, -0.05) is 30.3 Å². The minimum Gasteiger partial charge on any atom is -0.467 e. The van der Waals surface area contributed by atoms with Gasteiger partial charge >= 0.3 is 0 Å². The third kappa shape index (κ3) is 3.60. The molecule has 1 aromatic carbocycles. The number of nitrogens with one attached hydrogen (secondary N) is 2. The number of carbonyl (C=O) groups excluding carboxylic acids is 1. The molecule has 2 aromatic heterocycles. The molecule has 0 saturated carbocycles. The highest BCUT2D eigenvalue weighted by molar-refractivity contribution is 5.94. The second kappa shape index (κ2) is 7.41. The van der Waals surface area contributed by atoms with Crippen LogP contribution in [0, 0.1) is 0 Å². The first-order valence-electron chi connectivity index (χ1n) is 7.73. The topological polar surface area (TPSA) is 80.0 Å². The monoisotopic (exact) mass is 322 g/mol. The molecule has 0 aliphatic heterocycles. The second-order valence-corrected chi connectivity index (χ2v) is 5.16. The summed E-state index contributed by atoms with van der Waals surface area (Å²) in [5.74, 6) is 0.905. The maximum Gasteiger partial charge on any atom is 0.255 e. The average molecular weight is 322 g/mol. The Balaban J connectivity index is 1.81. The molecule has 6 heteroatoms. The zero-order valence-corrected chi connectivity index (χ0v) is 13.3. The Hall–Kier alpha value is -3.15. The van der Waals surface area contributed by atoms with Crippen molar-refractivity contribution >= 4 is 11.9 Å². The first-order valence-corrected chi connectivity index (χ1v) is 7.73. The molecule has 2 heterocycles. The van der Waals surface area contributed by atoms with Crippen LogP contribution >= 0.6 is 0 Å². The minimum absolute atomic E-state index is 0.261. The van der Waals surface area contributed by atoms with Crippen molar-refractivity contribution in [3.05, 3.63) is 78.0 Å². The van der Waals surface area contributed by atoms with Gasteiger partial charge in [0.1, 0.15) is 11.8 Å². The number of anilines is 1. The maximum atomic E-state index is 12.5. The van der Waals surface area contributed by atoms with Gasteiger partial charge < -0.3 is 15.1 Å². The molecule has 1 atom stereocenters. The number of nitrogens with zero attached hydrogens (tertiary/aromatic N) is 2. The van der Waals surface area contributed by atoms with E-state index in [1.165, 1.54) is 12.4 Å². The molecule has 24 heavy (non-hydrogen) atoms. The van der Waals surface area contributed by atoms with Crippen LogP contribution < -0.4 is 10.6 Å². The molecule has 1 amide bonds. The number of aromatic nitrogens is 2. The van der Waals surface area contributed by atoms with Crippen molar-refractivity contribution in [1.82, 2.24) is 15.3 Å². The molecule has 6 nitrogen and oxygen atoms in total. The summed E-state index contributed by atoms with van der Waals surface area (Å²) >= 11 is 0. The van der Waals surface area contributed by atoms with E-state index in [-0.39, 0.29) is 11.9 Å². The van der Waals surface area contributed by atoms with E-state index in [1.54, 1.807) is 12.3 Å². The summed E-state index contributed by atoms with van der Waals surface area (Å²) in [6.07, 6.45) is 4.60. The van der Waals surface area contributed by atoms with Crippen molar-refractivity contribution in [3.8, 4) is 0 Å². The van der Waals surface area contributed by atoms with Crippen LogP contribution in [0.2, 0.25) is 0 Å². The normalized spacial score (nSPS) is 11.7.